The number of esters is 1. The Morgan fingerprint density at radius 2 is 1.79 bits per heavy atom. The van der Waals surface area contributed by atoms with Crippen molar-refractivity contribution in [2.24, 2.45) is 0 Å². The van der Waals surface area contributed by atoms with Crippen LogP contribution >= 0.6 is 0 Å². The van der Waals surface area contributed by atoms with E-state index in [2.05, 4.69) is 25.4 Å². The first kappa shape index (κ1) is 17.4. The molecule has 0 heterocycles. The minimum absolute atomic E-state index is 0.0901. The maximum absolute atomic E-state index is 11.6. The number of ether oxygens (including phenoxy) is 1. The van der Waals surface area contributed by atoms with E-state index in [1.807, 2.05) is 0 Å². The summed E-state index contributed by atoms with van der Waals surface area (Å²) in [6, 6.07) is 0. The summed E-state index contributed by atoms with van der Waals surface area (Å²) >= 11 is 0. The van der Waals surface area contributed by atoms with E-state index in [-0.39, 0.29) is 18.1 Å². The topological polar surface area (TPSA) is 55.4 Å². The Labute approximate surface area is 115 Å². The molecule has 1 N–H and O–H groups in total. The molecule has 0 radical (unpaired) electrons. The van der Waals surface area contributed by atoms with Gasteiger partial charge in [0.05, 0.1) is 0 Å². The number of hydrogen-bond donors (Lipinski definition) is 1. The predicted octanol–water partition coefficient (Wildman–Crippen LogP) is 2.75. The zero-order valence-electron chi connectivity index (χ0n) is 11.9. The molecule has 19 heavy (non-hydrogen) atoms. The summed E-state index contributed by atoms with van der Waals surface area (Å²) in [6.45, 7) is 9.58. The Kier molecular flexibility index (Phi) is 10.6. The minimum atomic E-state index is -0.551. The van der Waals surface area contributed by atoms with Gasteiger partial charge in [0.25, 0.3) is 0 Å². The van der Waals surface area contributed by atoms with Crippen molar-refractivity contribution in [3.05, 3.63) is 24.8 Å². The summed E-state index contributed by atoms with van der Waals surface area (Å²) in [7, 11) is 0. The Bertz CT molecular complexity index is 311. The average molecular weight is 267 g/mol. The third-order valence-corrected chi connectivity index (χ3v) is 2.69. The third kappa shape index (κ3) is 10.1. The van der Waals surface area contributed by atoms with Gasteiger partial charge >= 0.3 is 5.97 Å². The molecule has 0 aromatic heterocycles. The lowest BCUT2D eigenvalue weighted by molar-refractivity contribution is -0.137. The van der Waals surface area contributed by atoms with E-state index in [4.69, 9.17) is 4.74 Å². The second-order valence-electron chi connectivity index (χ2n) is 4.44. The maximum Gasteiger partial charge on any atom is 0.330 e. The zero-order chi connectivity index (χ0) is 14.5. The lowest BCUT2D eigenvalue weighted by atomic mass is 10.1. The molecule has 0 spiro atoms. The largest absolute Gasteiger partial charge is 0.457 e. The van der Waals surface area contributed by atoms with Crippen LogP contribution in [0.5, 0.6) is 0 Å². The summed E-state index contributed by atoms with van der Waals surface area (Å²) < 4.78 is 4.73. The highest BCUT2D eigenvalue weighted by molar-refractivity contribution is 5.93. The van der Waals surface area contributed by atoms with Gasteiger partial charge in [-0.2, -0.15) is 0 Å². The van der Waals surface area contributed by atoms with Gasteiger partial charge in [0.15, 0.2) is 0 Å². The van der Waals surface area contributed by atoms with E-state index in [1.54, 1.807) is 0 Å². The summed E-state index contributed by atoms with van der Waals surface area (Å²) in [4.78, 5) is 22.4. The molecule has 0 aromatic rings. The fourth-order valence-electron chi connectivity index (χ4n) is 1.51. The van der Waals surface area contributed by atoms with Crippen molar-refractivity contribution >= 4 is 11.9 Å². The fourth-order valence-corrected chi connectivity index (χ4v) is 1.51. The van der Waals surface area contributed by atoms with E-state index < -0.39 is 5.97 Å². The Morgan fingerprint density at radius 3 is 2.42 bits per heavy atom. The number of rotatable bonds is 11. The molecular weight excluding hydrogens is 242 g/mol. The number of nitrogens with one attached hydrogen (secondary N) is 1. The summed E-state index contributed by atoms with van der Waals surface area (Å²) in [5.41, 5.74) is 0.251. The van der Waals surface area contributed by atoms with E-state index in [9.17, 15) is 9.59 Å². The average Bonchev–Trinajstić information content (AvgIpc) is 2.42. The van der Waals surface area contributed by atoms with Crippen LogP contribution in [0, 0.1) is 0 Å². The Balaban J connectivity index is 3.54. The second kappa shape index (κ2) is 11.5. The molecule has 0 aromatic carbocycles. The number of unbranched alkanes of at least 4 members (excludes halogenated alkanes) is 5. The third-order valence-electron chi connectivity index (χ3n) is 2.69. The lowest BCUT2D eigenvalue weighted by Gasteiger charge is -2.07. The van der Waals surface area contributed by atoms with Crippen molar-refractivity contribution in [3.8, 4) is 0 Å². The molecule has 0 saturated heterocycles. The van der Waals surface area contributed by atoms with Crippen LogP contribution < -0.4 is 5.32 Å². The van der Waals surface area contributed by atoms with Gasteiger partial charge in [-0.25, -0.2) is 4.79 Å². The van der Waals surface area contributed by atoms with Gasteiger partial charge in [-0.3, -0.25) is 4.79 Å². The highest BCUT2D eigenvalue weighted by Crippen LogP contribution is 2.04. The molecule has 1 amide bonds. The van der Waals surface area contributed by atoms with E-state index in [0.29, 0.717) is 6.54 Å². The van der Waals surface area contributed by atoms with Crippen LogP contribution in [0.2, 0.25) is 0 Å². The predicted molar refractivity (Wildman–Crippen MR) is 76.7 cm³/mol. The fraction of sp³-hybridized carbons (Fsp3) is 0.600. The molecule has 0 bridgehead atoms. The Hall–Kier alpha value is -1.58. The first-order valence-electron chi connectivity index (χ1n) is 6.87. The van der Waals surface area contributed by atoms with E-state index >= 15 is 0 Å². The quantitative estimate of drug-likeness (QED) is 0.356. The number of carbonyl (C=O) groups is 2. The van der Waals surface area contributed by atoms with Gasteiger partial charge < -0.3 is 10.1 Å². The number of amides is 1. The highest BCUT2D eigenvalue weighted by Gasteiger charge is 2.07. The maximum atomic E-state index is 11.6. The van der Waals surface area contributed by atoms with Crippen molar-refractivity contribution in [1.29, 1.82) is 0 Å². The van der Waals surface area contributed by atoms with Crippen LogP contribution in [0.4, 0.5) is 0 Å². The molecule has 4 nitrogen and oxygen atoms in total. The standard InChI is InChI=1S/C15H25NO3/c1-4-6-7-8-9-10-11-16-15(18)13(3)12-19-14(17)5-2/h5H,2-4,6-12H2,1H3,(H,16,18). The zero-order valence-corrected chi connectivity index (χ0v) is 11.9. The van der Waals surface area contributed by atoms with Crippen molar-refractivity contribution in [2.75, 3.05) is 13.2 Å². The lowest BCUT2D eigenvalue weighted by Crippen LogP contribution is -2.27. The summed E-state index contributed by atoms with van der Waals surface area (Å²) in [5.74, 6) is -0.810. The summed E-state index contributed by atoms with van der Waals surface area (Å²) in [6.07, 6.45) is 8.13. The van der Waals surface area contributed by atoms with Gasteiger partial charge in [0, 0.05) is 18.2 Å². The van der Waals surface area contributed by atoms with Crippen LogP contribution in [0.3, 0.4) is 0 Å². The molecule has 0 fully saturated rings. The molecule has 0 aliphatic rings. The Morgan fingerprint density at radius 1 is 1.16 bits per heavy atom. The van der Waals surface area contributed by atoms with E-state index in [1.165, 1.54) is 25.7 Å². The molecule has 0 rings (SSSR count). The van der Waals surface area contributed by atoms with Crippen LogP contribution in [0.25, 0.3) is 0 Å². The minimum Gasteiger partial charge on any atom is -0.457 e. The van der Waals surface area contributed by atoms with Gasteiger partial charge in [-0.1, -0.05) is 52.2 Å². The molecule has 0 atom stereocenters. The number of hydrogen-bond acceptors (Lipinski definition) is 3. The smallest absolute Gasteiger partial charge is 0.330 e. The molecule has 108 valence electrons. The highest BCUT2D eigenvalue weighted by atomic mass is 16.5. The molecule has 0 aliphatic carbocycles. The van der Waals surface area contributed by atoms with Gasteiger partial charge in [-0.15, -0.1) is 0 Å². The van der Waals surface area contributed by atoms with Crippen molar-refractivity contribution in [2.45, 2.75) is 45.4 Å². The molecule has 4 heteroatoms. The number of carbonyl (C=O) groups excluding carboxylic acids is 2. The normalized spacial score (nSPS) is 9.74. The first-order valence-corrected chi connectivity index (χ1v) is 6.87. The first-order chi connectivity index (χ1) is 9.11. The molecular formula is C15H25NO3. The summed E-state index contributed by atoms with van der Waals surface area (Å²) in [5, 5.41) is 2.76. The van der Waals surface area contributed by atoms with Gasteiger partial charge in [0.1, 0.15) is 6.61 Å². The molecule has 0 aliphatic heterocycles. The SMILES string of the molecule is C=CC(=O)OCC(=C)C(=O)NCCCCCCCC. The van der Waals surface area contributed by atoms with Crippen LogP contribution in [-0.4, -0.2) is 25.0 Å². The van der Waals surface area contributed by atoms with Gasteiger partial charge in [-0.05, 0) is 6.42 Å². The molecule has 0 saturated carbocycles. The van der Waals surface area contributed by atoms with Crippen molar-refractivity contribution in [1.82, 2.24) is 5.32 Å². The second-order valence-corrected chi connectivity index (χ2v) is 4.44. The molecule has 0 unspecified atom stereocenters. The van der Waals surface area contributed by atoms with Crippen LogP contribution in [0.1, 0.15) is 45.4 Å². The van der Waals surface area contributed by atoms with Crippen molar-refractivity contribution < 1.29 is 14.3 Å². The van der Waals surface area contributed by atoms with E-state index in [0.717, 1.165) is 18.9 Å². The van der Waals surface area contributed by atoms with Crippen LogP contribution in [-0.2, 0) is 14.3 Å². The van der Waals surface area contributed by atoms with Gasteiger partial charge in [0.2, 0.25) is 5.91 Å². The van der Waals surface area contributed by atoms with Crippen LogP contribution in [0.15, 0.2) is 24.8 Å². The monoisotopic (exact) mass is 267 g/mol. The van der Waals surface area contributed by atoms with Crippen molar-refractivity contribution in [3.63, 3.8) is 0 Å².